The molecule has 4 nitrogen and oxygen atoms in total. The van der Waals surface area contributed by atoms with E-state index >= 15 is 0 Å². The first-order valence-corrected chi connectivity index (χ1v) is 12.1. The summed E-state index contributed by atoms with van der Waals surface area (Å²) in [6.45, 7) is 0.643. The average molecular weight is 476 g/mol. The predicted molar refractivity (Wildman–Crippen MR) is 145 cm³/mol. The Kier molecular flexibility index (Phi) is 7.13. The fraction of sp³-hybridized carbons (Fsp3) is 0.156. The molecule has 1 aliphatic rings. The van der Waals surface area contributed by atoms with E-state index in [1.165, 1.54) is 5.56 Å². The van der Waals surface area contributed by atoms with Gasteiger partial charge in [-0.1, -0.05) is 84.9 Å². The monoisotopic (exact) mass is 475 g/mol. The first-order valence-electron chi connectivity index (χ1n) is 12.1. The van der Waals surface area contributed by atoms with Crippen molar-refractivity contribution in [1.29, 1.82) is 0 Å². The summed E-state index contributed by atoms with van der Waals surface area (Å²) in [4.78, 5) is 4.88. The normalized spacial score (nSPS) is 14.9. The number of fused-ring (bicyclic) bond motifs is 1. The largest absolute Gasteiger partial charge is 0.493 e. The molecule has 180 valence electrons. The van der Waals surface area contributed by atoms with Gasteiger partial charge >= 0.3 is 0 Å². The number of allylic oxidation sites excluding steroid dienone is 1. The van der Waals surface area contributed by atoms with Crippen molar-refractivity contribution >= 4 is 12.0 Å². The summed E-state index contributed by atoms with van der Waals surface area (Å²) < 4.78 is 17.3. The van der Waals surface area contributed by atoms with Crippen LogP contribution < -0.4 is 14.2 Å². The Bertz CT molecular complexity index is 1380. The van der Waals surface area contributed by atoms with Crippen LogP contribution in [-0.2, 0) is 6.42 Å². The minimum absolute atomic E-state index is 0.0242. The SMILES string of the molecule is COc1ccc(CCN=CC2=C(c3ccccc3)Oc3ccccc3[C@H]2c2ccccc2)cc1OC. The van der Waals surface area contributed by atoms with Gasteiger partial charge in [0.05, 0.1) is 14.2 Å². The molecule has 0 aromatic heterocycles. The molecule has 1 atom stereocenters. The van der Waals surface area contributed by atoms with Crippen LogP contribution >= 0.6 is 0 Å². The molecule has 0 radical (unpaired) electrons. The summed E-state index contributed by atoms with van der Waals surface area (Å²) in [7, 11) is 3.30. The predicted octanol–water partition coefficient (Wildman–Crippen LogP) is 6.95. The maximum atomic E-state index is 6.51. The fourth-order valence-corrected chi connectivity index (χ4v) is 4.63. The lowest BCUT2D eigenvalue weighted by molar-refractivity contribution is 0.354. The van der Waals surface area contributed by atoms with Crippen molar-refractivity contribution in [3.05, 3.63) is 131 Å². The van der Waals surface area contributed by atoms with E-state index in [4.69, 9.17) is 19.2 Å². The lowest BCUT2D eigenvalue weighted by atomic mass is 9.81. The highest BCUT2D eigenvalue weighted by Gasteiger charge is 2.30. The van der Waals surface area contributed by atoms with E-state index in [0.29, 0.717) is 6.54 Å². The highest BCUT2D eigenvalue weighted by molar-refractivity contribution is 5.94. The van der Waals surface area contributed by atoms with Gasteiger partial charge in [-0.15, -0.1) is 0 Å². The van der Waals surface area contributed by atoms with Crippen LogP contribution in [0.5, 0.6) is 17.2 Å². The molecule has 36 heavy (non-hydrogen) atoms. The Balaban J connectivity index is 1.51. The van der Waals surface area contributed by atoms with Gasteiger partial charge in [0, 0.05) is 35.4 Å². The lowest BCUT2D eigenvalue weighted by Crippen LogP contribution is -2.17. The molecule has 4 aromatic carbocycles. The average Bonchev–Trinajstić information content (AvgIpc) is 2.95. The molecule has 4 heteroatoms. The van der Waals surface area contributed by atoms with Gasteiger partial charge in [-0.05, 0) is 35.7 Å². The Morgan fingerprint density at radius 2 is 1.47 bits per heavy atom. The number of para-hydroxylation sites is 1. The molecule has 0 saturated heterocycles. The van der Waals surface area contributed by atoms with Crippen LogP contribution in [0.2, 0.25) is 0 Å². The molecule has 0 aliphatic carbocycles. The number of rotatable bonds is 8. The van der Waals surface area contributed by atoms with E-state index < -0.39 is 0 Å². The molecule has 1 heterocycles. The molecule has 0 fully saturated rings. The third-order valence-corrected chi connectivity index (χ3v) is 6.39. The van der Waals surface area contributed by atoms with Crippen molar-refractivity contribution in [2.24, 2.45) is 4.99 Å². The van der Waals surface area contributed by atoms with Gasteiger partial charge in [0.2, 0.25) is 0 Å². The highest BCUT2D eigenvalue weighted by atomic mass is 16.5. The smallest absolute Gasteiger partial charge is 0.160 e. The minimum atomic E-state index is 0.0242. The van der Waals surface area contributed by atoms with Crippen molar-refractivity contribution in [2.45, 2.75) is 12.3 Å². The molecular weight excluding hydrogens is 446 g/mol. The molecule has 5 rings (SSSR count). The van der Waals surface area contributed by atoms with E-state index in [-0.39, 0.29) is 5.92 Å². The van der Waals surface area contributed by atoms with E-state index in [1.807, 2.05) is 54.7 Å². The second-order valence-electron chi connectivity index (χ2n) is 8.61. The number of hydrogen-bond donors (Lipinski definition) is 0. The van der Waals surface area contributed by atoms with Gasteiger partial charge in [0.15, 0.2) is 11.5 Å². The van der Waals surface area contributed by atoms with E-state index in [9.17, 15) is 0 Å². The van der Waals surface area contributed by atoms with Gasteiger partial charge in [-0.25, -0.2) is 0 Å². The highest BCUT2D eigenvalue weighted by Crippen LogP contribution is 2.44. The quantitative estimate of drug-likeness (QED) is 0.259. The maximum absolute atomic E-state index is 6.51. The van der Waals surface area contributed by atoms with Gasteiger partial charge in [-0.3, -0.25) is 4.99 Å². The molecule has 0 unspecified atom stereocenters. The molecule has 0 N–H and O–H groups in total. The van der Waals surface area contributed by atoms with Crippen LogP contribution in [0.15, 0.2) is 114 Å². The number of aliphatic imine (C=N–C) groups is 1. The Labute approximate surface area is 212 Å². The lowest BCUT2D eigenvalue weighted by Gasteiger charge is -2.30. The van der Waals surface area contributed by atoms with Crippen molar-refractivity contribution in [3.8, 4) is 17.2 Å². The molecule has 0 spiro atoms. The standard InChI is InChI=1S/C32H29NO3/c1-34-29-18-17-23(21-30(29)35-2)19-20-33-22-27-31(24-11-5-3-6-12-24)26-15-9-10-16-28(26)36-32(27)25-13-7-4-8-14-25/h3-18,21-22,31H,19-20H2,1-2H3/t31-/m1/s1. The van der Waals surface area contributed by atoms with Crippen molar-refractivity contribution in [2.75, 3.05) is 20.8 Å². The summed E-state index contributed by atoms with van der Waals surface area (Å²) in [5.74, 6) is 3.21. The number of methoxy groups -OCH3 is 2. The maximum Gasteiger partial charge on any atom is 0.160 e. The van der Waals surface area contributed by atoms with Crippen LogP contribution in [0.4, 0.5) is 0 Å². The number of benzene rings is 4. The Morgan fingerprint density at radius 3 is 2.22 bits per heavy atom. The zero-order chi connectivity index (χ0) is 24.7. The molecule has 4 aromatic rings. The van der Waals surface area contributed by atoms with Crippen molar-refractivity contribution < 1.29 is 14.2 Å². The molecule has 0 amide bonds. The van der Waals surface area contributed by atoms with Gasteiger partial charge in [0.25, 0.3) is 0 Å². The van der Waals surface area contributed by atoms with Crippen LogP contribution in [0.3, 0.4) is 0 Å². The second kappa shape index (κ2) is 11.0. The summed E-state index contributed by atoms with van der Waals surface area (Å²) in [5, 5.41) is 0. The molecule has 0 bridgehead atoms. The molecule has 0 saturated carbocycles. The zero-order valence-corrected chi connectivity index (χ0v) is 20.6. The molecule has 1 aliphatic heterocycles. The van der Waals surface area contributed by atoms with Gasteiger partial charge in [0.1, 0.15) is 11.5 Å². The van der Waals surface area contributed by atoms with E-state index in [1.54, 1.807) is 14.2 Å². The minimum Gasteiger partial charge on any atom is -0.493 e. The van der Waals surface area contributed by atoms with Crippen LogP contribution in [0.25, 0.3) is 5.76 Å². The Hall–Kier alpha value is -4.31. The Morgan fingerprint density at radius 1 is 0.778 bits per heavy atom. The summed E-state index contributed by atoms with van der Waals surface area (Å²) in [6, 6.07) is 35.1. The topological polar surface area (TPSA) is 40.0 Å². The van der Waals surface area contributed by atoms with Crippen LogP contribution in [0.1, 0.15) is 28.2 Å². The summed E-state index contributed by atoms with van der Waals surface area (Å²) >= 11 is 0. The summed E-state index contributed by atoms with van der Waals surface area (Å²) in [5.41, 5.74) is 5.59. The van der Waals surface area contributed by atoms with Crippen LogP contribution in [-0.4, -0.2) is 27.0 Å². The number of ether oxygens (including phenoxy) is 3. The van der Waals surface area contributed by atoms with Gasteiger partial charge < -0.3 is 14.2 Å². The fourth-order valence-electron chi connectivity index (χ4n) is 4.63. The number of hydrogen-bond acceptors (Lipinski definition) is 4. The van der Waals surface area contributed by atoms with Crippen LogP contribution in [0, 0.1) is 0 Å². The first kappa shape index (κ1) is 23.4. The third kappa shape index (κ3) is 4.89. The summed E-state index contributed by atoms with van der Waals surface area (Å²) in [6.07, 6.45) is 2.79. The van der Waals surface area contributed by atoms with Crippen molar-refractivity contribution in [3.63, 3.8) is 0 Å². The second-order valence-corrected chi connectivity index (χ2v) is 8.61. The zero-order valence-electron chi connectivity index (χ0n) is 20.6. The number of nitrogens with zero attached hydrogens (tertiary/aromatic N) is 1. The first-order chi connectivity index (χ1) is 17.8. The molecular formula is C32H29NO3. The van der Waals surface area contributed by atoms with Crippen molar-refractivity contribution in [1.82, 2.24) is 0 Å². The van der Waals surface area contributed by atoms with E-state index in [2.05, 4.69) is 54.6 Å². The van der Waals surface area contributed by atoms with E-state index in [0.717, 1.165) is 51.7 Å². The third-order valence-electron chi connectivity index (χ3n) is 6.39. The van der Waals surface area contributed by atoms with Gasteiger partial charge in [-0.2, -0.15) is 0 Å².